The van der Waals surface area contributed by atoms with Gasteiger partial charge in [0, 0.05) is 23.9 Å². The highest BCUT2D eigenvalue weighted by Crippen LogP contribution is 2.16. The van der Waals surface area contributed by atoms with Crippen molar-refractivity contribution >= 4 is 34.2 Å². The minimum Gasteiger partial charge on any atom is -0.326 e. The summed E-state index contributed by atoms with van der Waals surface area (Å²) in [5.41, 5.74) is 2.59. The van der Waals surface area contributed by atoms with Gasteiger partial charge in [0.15, 0.2) is 0 Å². The molecular formula is C16H14N4O3. The van der Waals surface area contributed by atoms with Crippen molar-refractivity contribution < 1.29 is 9.59 Å². The Kier molecular flexibility index (Phi) is 3.68. The van der Waals surface area contributed by atoms with Gasteiger partial charge in [0.1, 0.15) is 0 Å². The van der Waals surface area contributed by atoms with E-state index in [4.69, 9.17) is 0 Å². The number of amides is 2. The molecular weight excluding hydrogens is 296 g/mol. The van der Waals surface area contributed by atoms with Crippen molar-refractivity contribution in [1.82, 2.24) is 9.97 Å². The molecule has 0 aliphatic rings. The third-order valence-electron chi connectivity index (χ3n) is 3.24. The van der Waals surface area contributed by atoms with Gasteiger partial charge in [0.05, 0.1) is 11.0 Å². The molecule has 2 aromatic carbocycles. The first-order valence-corrected chi connectivity index (χ1v) is 6.92. The molecule has 3 rings (SSSR count). The van der Waals surface area contributed by atoms with Crippen molar-refractivity contribution in [3.05, 3.63) is 58.5 Å². The fourth-order valence-corrected chi connectivity index (χ4v) is 2.22. The fraction of sp³-hybridized carbons (Fsp3) is 0.0625. The smallest absolute Gasteiger partial charge is 0.323 e. The van der Waals surface area contributed by atoms with E-state index in [1.54, 1.807) is 42.5 Å². The minimum atomic E-state index is -0.314. The van der Waals surface area contributed by atoms with Gasteiger partial charge in [-0.1, -0.05) is 0 Å². The van der Waals surface area contributed by atoms with Crippen LogP contribution in [0.5, 0.6) is 0 Å². The molecule has 0 atom stereocenters. The maximum atomic E-state index is 12.2. The summed E-state index contributed by atoms with van der Waals surface area (Å²) in [5, 5.41) is 5.41. The van der Waals surface area contributed by atoms with Gasteiger partial charge in [-0.25, -0.2) is 4.79 Å². The second kappa shape index (κ2) is 5.80. The van der Waals surface area contributed by atoms with Crippen molar-refractivity contribution in [3.8, 4) is 0 Å². The number of fused-ring (bicyclic) bond motifs is 1. The van der Waals surface area contributed by atoms with Gasteiger partial charge >= 0.3 is 5.69 Å². The fourth-order valence-electron chi connectivity index (χ4n) is 2.22. The van der Waals surface area contributed by atoms with Crippen LogP contribution in [0.3, 0.4) is 0 Å². The average Bonchev–Trinajstić information content (AvgIpc) is 2.87. The summed E-state index contributed by atoms with van der Waals surface area (Å²) in [4.78, 5) is 39.7. The van der Waals surface area contributed by atoms with Crippen LogP contribution in [0, 0.1) is 0 Å². The summed E-state index contributed by atoms with van der Waals surface area (Å²) in [5.74, 6) is -0.447. The number of H-pyrrole nitrogens is 2. The quantitative estimate of drug-likeness (QED) is 0.595. The van der Waals surface area contributed by atoms with E-state index in [9.17, 15) is 14.4 Å². The van der Waals surface area contributed by atoms with Crippen LogP contribution < -0.4 is 16.3 Å². The summed E-state index contributed by atoms with van der Waals surface area (Å²) in [6.45, 7) is 1.43. The van der Waals surface area contributed by atoms with Crippen LogP contribution >= 0.6 is 0 Å². The monoisotopic (exact) mass is 310 g/mol. The zero-order valence-corrected chi connectivity index (χ0v) is 12.3. The highest BCUT2D eigenvalue weighted by atomic mass is 16.2. The topological polar surface area (TPSA) is 107 Å². The number of hydrogen-bond donors (Lipinski definition) is 4. The first kappa shape index (κ1) is 14.6. The number of hydrogen-bond acceptors (Lipinski definition) is 3. The van der Waals surface area contributed by atoms with E-state index in [1.165, 1.54) is 6.92 Å². The normalized spacial score (nSPS) is 10.5. The molecule has 0 spiro atoms. The maximum Gasteiger partial charge on any atom is 0.323 e. The standard InChI is InChI=1S/C16H14N4O3/c1-9(21)17-11-3-5-12(6-4-11)18-15(22)10-2-7-13-14(8-10)20-16(23)19-13/h2-8H,1H3,(H,17,21)(H,18,22)(H2,19,20,23). The van der Waals surface area contributed by atoms with Gasteiger partial charge in [-0.2, -0.15) is 0 Å². The third kappa shape index (κ3) is 3.29. The zero-order valence-electron chi connectivity index (χ0n) is 12.3. The summed E-state index contributed by atoms with van der Waals surface area (Å²) < 4.78 is 0. The molecule has 2 amide bonds. The number of nitrogens with one attached hydrogen (secondary N) is 4. The molecule has 7 nitrogen and oxygen atoms in total. The maximum absolute atomic E-state index is 12.2. The Morgan fingerprint density at radius 2 is 1.48 bits per heavy atom. The van der Waals surface area contributed by atoms with Crippen molar-refractivity contribution in [2.45, 2.75) is 6.92 Å². The Balaban J connectivity index is 1.76. The van der Waals surface area contributed by atoms with Crippen LogP contribution in [-0.2, 0) is 4.79 Å². The molecule has 1 heterocycles. The minimum absolute atomic E-state index is 0.157. The molecule has 0 aliphatic carbocycles. The lowest BCUT2D eigenvalue weighted by Gasteiger charge is -2.07. The summed E-state index contributed by atoms with van der Waals surface area (Å²) in [7, 11) is 0. The lowest BCUT2D eigenvalue weighted by molar-refractivity contribution is -0.114. The highest BCUT2D eigenvalue weighted by molar-refractivity contribution is 6.06. The Hall–Kier alpha value is -3.35. The van der Waals surface area contributed by atoms with Gasteiger partial charge in [0.25, 0.3) is 5.91 Å². The number of benzene rings is 2. The van der Waals surface area contributed by atoms with E-state index in [1.807, 2.05) is 0 Å². The van der Waals surface area contributed by atoms with E-state index >= 15 is 0 Å². The second-order valence-corrected chi connectivity index (χ2v) is 5.05. The first-order valence-electron chi connectivity index (χ1n) is 6.92. The molecule has 7 heteroatoms. The summed E-state index contributed by atoms with van der Waals surface area (Å²) in [6.07, 6.45) is 0. The number of imidazole rings is 1. The molecule has 1 aromatic heterocycles. The molecule has 0 saturated carbocycles. The van der Waals surface area contributed by atoms with E-state index in [-0.39, 0.29) is 17.5 Å². The van der Waals surface area contributed by atoms with E-state index in [2.05, 4.69) is 20.6 Å². The highest BCUT2D eigenvalue weighted by Gasteiger charge is 2.08. The lowest BCUT2D eigenvalue weighted by Crippen LogP contribution is -2.12. The zero-order chi connectivity index (χ0) is 16.4. The number of carbonyl (C=O) groups is 2. The summed E-state index contributed by atoms with van der Waals surface area (Å²) >= 11 is 0. The van der Waals surface area contributed by atoms with Crippen molar-refractivity contribution in [2.24, 2.45) is 0 Å². The van der Waals surface area contributed by atoms with E-state index in [0.717, 1.165) is 0 Å². The Morgan fingerprint density at radius 1 is 0.870 bits per heavy atom. The Labute approximate surface area is 130 Å². The first-order chi connectivity index (χ1) is 11.0. The summed E-state index contributed by atoms with van der Waals surface area (Å²) in [6, 6.07) is 11.7. The number of aromatic amines is 2. The van der Waals surface area contributed by atoms with Gasteiger partial charge in [0.2, 0.25) is 5.91 Å². The Bertz CT molecular complexity index is 938. The van der Waals surface area contributed by atoms with Crippen LogP contribution in [0.4, 0.5) is 11.4 Å². The average molecular weight is 310 g/mol. The van der Waals surface area contributed by atoms with Gasteiger partial charge in [-0.05, 0) is 42.5 Å². The second-order valence-electron chi connectivity index (χ2n) is 5.05. The van der Waals surface area contributed by atoms with Crippen molar-refractivity contribution in [3.63, 3.8) is 0 Å². The van der Waals surface area contributed by atoms with Crippen molar-refractivity contribution in [1.29, 1.82) is 0 Å². The van der Waals surface area contributed by atoms with E-state index in [0.29, 0.717) is 28.0 Å². The van der Waals surface area contributed by atoms with Crippen LogP contribution in [0.1, 0.15) is 17.3 Å². The molecule has 23 heavy (non-hydrogen) atoms. The number of anilines is 2. The van der Waals surface area contributed by atoms with E-state index < -0.39 is 0 Å². The molecule has 0 unspecified atom stereocenters. The van der Waals surface area contributed by atoms with Crippen LogP contribution in [0.15, 0.2) is 47.3 Å². The molecule has 0 bridgehead atoms. The van der Waals surface area contributed by atoms with Crippen LogP contribution in [0.2, 0.25) is 0 Å². The van der Waals surface area contributed by atoms with Crippen molar-refractivity contribution in [2.75, 3.05) is 10.6 Å². The predicted molar refractivity (Wildman–Crippen MR) is 87.6 cm³/mol. The molecule has 0 fully saturated rings. The number of carbonyl (C=O) groups excluding carboxylic acids is 2. The lowest BCUT2D eigenvalue weighted by atomic mass is 10.2. The third-order valence-corrected chi connectivity index (χ3v) is 3.24. The molecule has 116 valence electrons. The largest absolute Gasteiger partial charge is 0.326 e. The SMILES string of the molecule is CC(=O)Nc1ccc(NC(=O)c2ccc3[nH]c(=O)[nH]c3c2)cc1. The Morgan fingerprint density at radius 3 is 2.13 bits per heavy atom. The molecule has 4 N–H and O–H groups in total. The van der Waals surface area contributed by atoms with Gasteiger partial charge in [-0.3, -0.25) is 9.59 Å². The van der Waals surface area contributed by atoms with Crippen LogP contribution in [0.25, 0.3) is 11.0 Å². The van der Waals surface area contributed by atoms with Crippen LogP contribution in [-0.4, -0.2) is 21.8 Å². The van der Waals surface area contributed by atoms with Gasteiger partial charge in [-0.15, -0.1) is 0 Å². The predicted octanol–water partition coefficient (Wildman–Crippen LogP) is 2.07. The molecule has 0 aliphatic heterocycles. The number of rotatable bonds is 3. The molecule has 0 radical (unpaired) electrons. The van der Waals surface area contributed by atoms with Gasteiger partial charge < -0.3 is 20.6 Å². The number of aromatic nitrogens is 2. The molecule has 3 aromatic rings. The molecule has 0 saturated heterocycles.